The van der Waals surface area contributed by atoms with Crippen LogP contribution in [0.15, 0.2) is 0 Å². The molecule has 0 amide bonds. The van der Waals surface area contributed by atoms with Crippen molar-refractivity contribution in [1.29, 1.82) is 0 Å². The first-order valence-corrected chi connectivity index (χ1v) is 11.2. The highest BCUT2D eigenvalue weighted by Gasteiger charge is 2.49. The van der Waals surface area contributed by atoms with Gasteiger partial charge in [-0.2, -0.15) is 0 Å². The van der Waals surface area contributed by atoms with Crippen molar-refractivity contribution in [2.75, 3.05) is 19.5 Å². The third-order valence-electron chi connectivity index (χ3n) is 4.28. The topological polar surface area (TPSA) is 170 Å². The van der Waals surface area contributed by atoms with Crippen LogP contribution in [0, 0.1) is 0 Å². The first kappa shape index (κ1) is 29.2. The minimum absolute atomic E-state index is 0.237. The van der Waals surface area contributed by atoms with Gasteiger partial charge in [-0.25, -0.2) is 0 Å². The van der Waals surface area contributed by atoms with Crippen LogP contribution in [0.5, 0.6) is 0 Å². The number of rotatable bonds is 11. The Kier molecular flexibility index (Phi) is 11.8. The van der Waals surface area contributed by atoms with Gasteiger partial charge in [-0.3, -0.25) is 34.1 Å². The number of hydrogen-bond acceptors (Lipinski definition) is 14. The second kappa shape index (κ2) is 13.7. The Morgan fingerprint density at radius 3 is 1.79 bits per heavy atom. The molecule has 13 nitrogen and oxygen atoms in total. The average molecular weight is 508 g/mol. The number of carbonyl (C=O) groups is 6. The zero-order chi connectivity index (χ0) is 26.0. The lowest BCUT2D eigenvalue weighted by molar-refractivity contribution is -0.203. The number of esters is 6. The molecule has 0 saturated carbocycles. The fourth-order valence-electron chi connectivity index (χ4n) is 3.12. The van der Waals surface area contributed by atoms with E-state index in [0.717, 1.165) is 34.6 Å². The van der Waals surface area contributed by atoms with E-state index < -0.39 is 78.3 Å². The zero-order valence-corrected chi connectivity index (χ0v) is 20.5. The van der Waals surface area contributed by atoms with E-state index in [9.17, 15) is 28.8 Å². The van der Waals surface area contributed by atoms with Crippen LogP contribution in [0.25, 0.3) is 0 Å². The van der Waals surface area contributed by atoms with Crippen LogP contribution in [-0.4, -0.2) is 91.1 Å². The molecular formula is C20H29NO12S. The molecule has 34 heavy (non-hydrogen) atoms. The molecule has 0 radical (unpaired) electrons. The van der Waals surface area contributed by atoms with E-state index >= 15 is 0 Å². The van der Waals surface area contributed by atoms with E-state index in [4.69, 9.17) is 28.4 Å². The van der Waals surface area contributed by atoms with Gasteiger partial charge in [-0.1, -0.05) is 0 Å². The Labute approximate surface area is 200 Å². The van der Waals surface area contributed by atoms with Gasteiger partial charge in [-0.15, -0.1) is 11.8 Å². The summed E-state index contributed by atoms with van der Waals surface area (Å²) in [6.45, 7) is 4.88. The molecule has 1 aliphatic rings. The van der Waals surface area contributed by atoms with E-state index in [-0.39, 0.29) is 5.75 Å². The largest absolute Gasteiger partial charge is 0.468 e. The standard InChI is InChI=1S/C20H29NO12S/c1-9(22)29-7-15(30-10(2)23)16(31-11(3)24)17(32-12(4)25)18(33-13(5)26)19-21-14(8-34-19)20(27)28-6/h14-19,21H,7-8H2,1-6H3. The van der Waals surface area contributed by atoms with Crippen LogP contribution in [0.3, 0.4) is 0 Å². The number of hydrogen-bond donors (Lipinski definition) is 1. The van der Waals surface area contributed by atoms with E-state index in [2.05, 4.69) is 5.32 Å². The van der Waals surface area contributed by atoms with Crippen molar-refractivity contribution in [2.45, 2.75) is 70.5 Å². The molecule has 6 unspecified atom stereocenters. The van der Waals surface area contributed by atoms with Crippen molar-refractivity contribution in [2.24, 2.45) is 0 Å². The molecule has 0 aromatic rings. The molecule has 1 rings (SSSR count). The summed E-state index contributed by atoms with van der Waals surface area (Å²) >= 11 is 1.17. The molecule has 14 heteroatoms. The van der Waals surface area contributed by atoms with Crippen LogP contribution < -0.4 is 5.32 Å². The Morgan fingerprint density at radius 1 is 0.794 bits per heavy atom. The third kappa shape index (κ3) is 9.55. The Hall–Kier alpha value is -2.87. The second-order valence-electron chi connectivity index (χ2n) is 7.17. The zero-order valence-electron chi connectivity index (χ0n) is 19.7. The Morgan fingerprint density at radius 2 is 1.32 bits per heavy atom. The van der Waals surface area contributed by atoms with Crippen molar-refractivity contribution in [3.8, 4) is 0 Å². The highest BCUT2D eigenvalue weighted by molar-refractivity contribution is 8.00. The summed E-state index contributed by atoms with van der Waals surface area (Å²) in [5.41, 5.74) is 0. The molecule has 1 heterocycles. The Balaban J connectivity index is 3.46. The van der Waals surface area contributed by atoms with Gasteiger partial charge >= 0.3 is 35.8 Å². The van der Waals surface area contributed by atoms with Crippen molar-refractivity contribution in [3.05, 3.63) is 0 Å². The lowest BCUT2D eigenvalue weighted by Gasteiger charge is -2.37. The predicted octanol–water partition coefficient (Wildman–Crippen LogP) is -0.520. The number of nitrogens with one attached hydrogen (secondary N) is 1. The van der Waals surface area contributed by atoms with Gasteiger partial charge in [-0.05, 0) is 0 Å². The fraction of sp³-hybridized carbons (Fsp3) is 0.700. The summed E-state index contributed by atoms with van der Waals surface area (Å²) in [4.78, 5) is 70.9. The second-order valence-corrected chi connectivity index (χ2v) is 8.34. The molecule has 0 aromatic heterocycles. The van der Waals surface area contributed by atoms with E-state index in [1.165, 1.54) is 18.9 Å². The van der Waals surface area contributed by atoms with Gasteiger partial charge in [0.2, 0.25) is 0 Å². The van der Waals surface area contributed by atoms with Crippen LogP contribution in [0.4, 0.5) is 0 Å². The highest BCUT2D eigenvalue weighted by atomic mass is 32.2. The van der Waals surface area contributed by atoms with Crippen LogP contribution >= 0.6 is 11.8 Å². The normalized spacial score (nSPS) is 20.6. The number of ether oxygens (including phenoxy) is 6. The molecule has 192 valence electrons. The molecule has 6 atom stereocenters. The van der Waals surface area contributed by atoms with Crippen LogP contribution in [0.2, 0.25) is 0 Å². The van der Waals surface area contributed by atoms with Gasteiger partial charge in [0, 0.05) is 40.4 Å². The van der Waals surface area contributed by atoms with Crippen molar-refractivity contribution >= 4 is 47.6 Å². The van der Waals surface area contributed by atoms with Crippen LogP contribution in [0.1, 0.15) is 34.6 Å². The lowest BCUT2D eigenvalue weighted by Crippen LogP contribution is -2.57. The van der Waals surface area contributed by atoms with Crippen molar-refractivity contribution in [3.63, 3.8) is 0 Å². The molecule has 0 aromatic carbocycles. The summed E-state index contributed by atoms with van der Waals surface area (Å²) in [5.74, 6) is -4.29. The minimum Gasteiger partial charge on any atom is -0.468 e. The summed E-state index contributed by atoms with van der Waals surface area (Å²) in [5, 5.41) is 2.11. The predicted molar refractivity (Wildman–Crippen MR) is 114 cm³/mol. The maximum Gasteiger partial charge on any atom is 0.323 e. The smallest absolute Gasteiger partial charge is 0.323 e. The minimum atomic E-state index is -1.55. The Bertz CT molecular complexity index is 788. The van der Waals surface area contributed by atoms with Gasteiger partial charge in [0.25, 0.3) is 0 Å². The number of carbonyl (C=O) groups excluding carboxylic acids is 6. The van der Waals surface area contributed by atoms with Crippen LogP contribution in [-0.2, 0) is 57.2 Å². The lowest BCUT2D eigenvalue weighted by atomic mass is 10.0. The number of methoxy groups -OCH3 is 1. The number of thioether (sulfide) groups is 1. The summed E-state index contributed by atoms with van der Waals surface area (Å²) in [6, 6.07) is -0.756. The van der Waals surface area contributed by atoms with Gasteiger partial charge in [0.1, 0.15) is 12.6 Å². The molecule has 1 aliphatic heterocycles. The van der Waals surface area contributed by atoms with Crippen molar-refractivity contribution < 1.29 is 57.2 Å². The maximum atomic E-state index is 12.0. The van der Waals surface area contributed by atoms with Gasteiger partial charge < -0.3 is 28.4 Å². The molecule has 1 N–H and O–H groups in total. The van der Waals surface area contributed by atoms with Crippen molar-refractivity contribution in [1.82, 2.24) is 5.32 Å². The molecule has 0 aliphatic carbocycles. The first-order valence-electron chi connectivity index (χ1n) is 10.1. The molecule has 1 fully saturated rings. The van der Waals surface area contributed by atoms with E-state index in [1.54, 1.807) is 0 Å². The van der Waals surface area contributed by atoms with Gasteiger partial charge in [0.15, 0.2) is 24.4 Å². The highest BCUT2D eigenvalue weighted by Crippen LogP contribution is 2.30. The molecule has 0 bridgehead atoms. The summed E-state index contributed by atoms with van der Waals surface area (Å²) in [7, 11) is 1.21. The molecule has 1 saturated heterocycles. The summed E-state index contributed by atoms with van der Waals surface area (Å²) in [6.07, 6.45) is -5.81. The molecule has 0 spiro atoms. The van der Waals surface area contributed by atoms with Gasteiger partial charge in [0.05, 0.1) is 12.5 Å². The SMILES string of the molecule is COC(=O)C1CSC(C(OC(C)=O)C(OC(C)=O)C(OC(C)=O)C(COC(C)=O)OC(C)=O)N1. The van der Waals surface area contributed by atoms with E-state index in [1.807, 2.05) is 0 Å². The quantitative estimate of drug-likeness (QED) is 0.280. The monoisotopic (exact) mass is 507 g/mol. The van der Waals surface area contributed by atoms with E-state index in [0.29, 0.717) is 0 Å². The average Bonchev–Trinajstić information content (AvgIpc) is 3.20. The molecular weight excluding hydrogens is 478 g/mol. The summed E-state index contributed by atoms with van der Waals surface area (Å²) < 4.78 is 31.0. The first-order chi connectivity index (χ1) is 15.8. The fourth-order valence-corrected chi connectivity index (χ4v) is 4.42. The maximum absolute atomic E-state index is 12.0. The third-order valence-corrected chi connectivity index (χ3v) is 5.57.